The van der Waals surface area contributed by atoms with Crippen molar-refractivity contribution in [1.29, 1.82) is 0 Å². The van der Waals surface area contributed by atoms with Gasteiger partial charge in [-0.2, -0.15) is 0 Å². The summed E-state index contributed by atoms with van der Waals surface area (Å²) in [5.74, 6) is -0.395. The average Bonchev–Trinajstić information content (AvgIpc) is 2.82. The SMILES string of the molecule is O=C(O)[C@@H]1CC=CC[C@@H]1c1nc2ccccc2[nH]1. The predicted octanol–water partition coefficient (Wildman–Crippen LogP) is 2.70. The highest BCUT2D eigenvalue weighted by Crippen LogP contribution is 2.34. The molecule has 2 atom stereocenters. The summed E-state index contributed by atoms with van der Waals surface area (Å²) in [5, 5.41) is 9.27. The predicted molar refractivity (Wildman–Crippen MR) is 68.3 cm³/mol. The van der Waals surface area contributed by atoms with Gasteiger partial charge in [0.05, 0.1) is 17.0 Å². The second kappa shape index (κ2) is 4.29. The van der Waals surface area contributed by atoms with Gasteiger partial charge in [0.25, 0.3) is 0 Å². The van der Waals surface area contributed by atoms with Crippen LogP contribution < -0.4 is 0 Å². The van der Waals surface area contributed by atoms with Crippen molar-refractivity contribution in [2.45, 2.75) is 18.8 Å². The molecule has 0 aliphatic heterocycles. The summed E-state index contributed by atoms with van der Waals surface area (Å²) in [5.41, 5.74) is 1.86. The van der Waals surface area contributed by atoms with Crippen LogP contribution in [-0.2, 0) is 4.79 Å². The van der Waals surface area contributed by atoms with Crippen LogP contribution in [0.2, 0.25) is 0 Å². The number of carboxylic acid groups (broad SMARTS) is 1. The van der Waals surface area contributed by atoms with Gasteiger partial charge in [0.2, 0.25) is 0 Å². The van der Waals surface area contributed by atoms with E-state index in [1.807, 2.05) is 36.4 Å². The van der Waals surface area contributed by atoms with Gasteiger partial charge in [0, 0.05) is 5.92 Å². The first kappa shape index (κ1) is 11.0. The van der Waals surface area contributed by atoms with Crippen LogP contribution in [0.25, 0.3) is 11.0 Å². The summed E-state index contributed by atoms with van der Waals surface area (Å²) in [6.45, 7) is 0. The smallest absolute Gasteiger partial charge is 0.307 e. The lowest BCUT2D eigenvalue weighted by Gasteiger charge is -2.23. The van der Waals surface area contributed by atoms with Gasteiger partial charge in [0.1, 0.15) is 5.82 Å². The lowest BCUT2D eigenvalue weighted by molar-refractivity contribution is -0.142. The highest BCUT2D eigenvalue weighted by Gasteiger charge is 2.31. The highest BCUT2D eigenvalue weighted by atomic mass is 16.4. The van der Waals surface area contributed by atoms with E-state index in [0.29, 0.717) is 6.42 Å². The molecule has 3 rings (SSSR count). The number of hydrogen-bond acceptors (Lipinski definition) is 2. The number of benzene rings is 1. The molecule has 2 N–H and O–H groups in total. The molecule has 4 nitrogen and oxygen atoms in total. The van der Waals surface area contributed by atoms with Crippen LogP contribution in [0.3, 0.4) is 0 Å². The van der Waals surface area contributed by atoms with Crippen molar-refractivity contribution in [3.8, 4) is 0 Å². The van der Waals surface area contributed by atoms with E-state index in [2.05, 4.69) is 9.97 Å². The van der Waals surface area contributed by atoms with Gasteiger partial charge in [-0.3, -0.25) is 4.79 Å². The fraction of sp³-hybridized carbons (Fsp3) is 0.286. The topological polar surface area (TPSA) is 66.0 Å². The molecule has 1 aromatic heterocycles. The minimum atomic E-state index is -0.746. The van der Waals surface area contributed by atoms with Crippen molar-refractivity contribution in [2.75, 3.05) is 0 Å². The number of H-pyrrole nitrogens is 1. The molecule has 92 valence electrons. The standard InChI is InChI=1S/C14H14N2O2/c17-14(18)10-6-2-1-5-9(10)13-15-11-7-3-4-8-12(11)16-13/h1-4,7-10H,5-6H2,(H,15,16)(H,17,18)/t9-,10+/m0/s1. The van der Waals surface area contributed by atoms with Gasteiger partial charge in [-0.15, -0.1) is 0 Å². The number of allylic oxidation sites excluding steroid dienone is 2. The zero-order valence-electron chi connectivity index (χ0n) is 9.84. The van der Waals surface area contributed by atoms with Gasteiger partial charge in [-0.1, -0.05) is 24.3 Å². The number of carboxylic acids is 1. The van der Waals surface area contributed by atoms with E-state index in [1.54, 1.807) is 0 Å². The first-order valence-electron chi connectivity index (χ1n) is 6.08. The Hall–Kier alpha value is -2.10. The van der Waals surface area contributed by atoms with Crippen LogP contribution in [0.4, 0.5) is 0 Å². The Balaban J connectivity index is 2.02. The first-order chi connectivity index (χ1) is 8.75. The van der Waals surface area contributed by atoms with Gasteiger partial charge in [0.15, 0.2) is 0 Å². The number of aromatic amines is 1. The van der Waals surface area contributed by atoms with Crippen molar-refractivity contribution in [3.05, 3.63) is 42.2 Å². The van der Waals surface area contributed by atoms with E-state index in [-0.39, 0.29) is 11.8 Å². The van der Waals surface area contributed by atoms with Crippen molar-refractivity contribution in [2.24, 2.45) is 5.92 Å². The van der Waals surface area contributed by atoms with E-state index in [9.17, 15) is 9.90 Å². The molecule has 1 heterocycles. The number of aromatic nitrogens is 2. The number of aliphatic carboxylic acids is 1. The second-order valence-corrected chi connectivity index (χ2v) is 4.63. The maximum Gasteiger partial charge on any atom is 0.307 e. The number of rotatable bonds is 2. The Morgan fingerprint density at radius 1 is 1.28 bits per heavy atom. The van der Waals surface area contributed by atoms with Crippen LogP contribution in [0.15, 0.2) is 36.4 Å². The van der Waals surface area contributed by atoms with Crippen LogP contribution in [0.1, 0.15) is 24.6 Å². The summed E-state index contributed by atoms with van der Waals surface area (Å²) in [4.78, 5) is 19.0. The molecular weight excluding hydrogens is 228 g/mol. The van der Waals surface area contributed by atoms with Crippen molar-refractivity contribution in [3.63, 3.8) is 0 Å². The van der Waals surface area contributed by atoms with E-state index in [1.165, 1.54) is 0 Å². The lowest BCUT2D eigenvalue weighted by atomic mass is 9.82. The number of para-hydroxylation sites is 2. The Bertz CT molecular complexity index is 582. The van der Waals surface area contributed by atoms with Crippen LogP contribution in [0.5, 0.6) is 0 Å². The Morgan fingerprint density at radius 2 is 2.06 bits per heavy atom. The maximum atomic E-state index is 11.3. The molecule has 0 amide bonds. The third kappa shape index (κ3) is 1.79. The van der Waals surface area contributed by atoms with Crippen LogP contribution >= 0.6 is 0 Å². The first-order valence-corrected chi connectivity index (χ1v) is 6.08. The molecular formula is C14H14N2O2. The quantitative estimate of drug-likeness (QED) is 0.796. The summed E-state index contributed by atoms with van der Waals surface area (Å²) < 4.78 is 0. The molecule has 1 aliphatic carbocycles. The fourth-order valence-corrected chi connectivity index (χ4v) is 2.54. The molecule has 0 radical (unpaired) electrons. The third-order valence-corrected chi connectivity index (χ3v) is 3.51. The Kier molecular flexibility index (Phi) is 2.63. The summed E-state index contributed by atoms with van der Waals surface area (Å²) in [6, 6.07) is 7.77. The monoisotopic (exact) mass is 242 g/mol. The largest absolute Gasteiger partial charge is 0.481 e. The maximum absolute atomic E-state index is 11.3. The molecule has 0 unspecified atom stereocenters. The van der Waals surface area contributed by atoms with E-state index < -0.39 is 5.97 Å². The molecule has 1 aromatic carbocycles. The molecule has 0 spiro atoms. The summed E-state index contributed by atoms with van der Waals surface area (Å²) in [7, 11) is 0. The zero-order chi connectivity index (χ0) is 12.5. The number of nitrogens with one attached hydrogen (secondary N) is 1. The minimum absolute atomic E-state index is 0.0556. The second-order valence-electron chi connectivity index (χ2n) is 4.63. The molecule has 4 heteroatoms. The van der Waals surface area contributed by atoms with Crippen molar-refractivity contribution < 1.29 is 9.90 Å². The number of imidazole rings is 1. The minimum Gasteiger partial charge on any atom is -0.481 e. The van der Waals surface area contributed by atoms with E-state index in [4.69, 9.17) is 0 Å². The lowest BCUT2D eigenvalue weighted by Crippen LogP contribution is -2.24. The molecule has 18 heavy (non-hydrogen) atoms. The van der Waals surface area contributed by atoms with E-state index >= 15 is 0 Å². The number of nitrogens with zero attached hydrogens (tertiary/aromatic N) is 1. The molecule has 0 fully saturated rings. The third-order valence-electron chi connectivity index (χ3n) is 3.51. The zero-order valence-corrected chi connectivity index (χ0v) is 9.84. The molecule has 0 bridgehead atoms. The van der Waals surface area contributed by atoms with Crippen LogP contribution in [0, 0.1) is 5.92 Å². The Labute approximate surface area is 104 Å². The number of carbonyl (C=O) groups is 1. The number of fused-ring (bicyclic) bond motifs is 1. The normalized spacial score (nSPS) is 23.3. The summed E-state index contributed by atoms with van der Waals surface area (Å²) in [6.07, 6.45) is 5.29. The summed E-state index contributed by atoms with van der Waals surface area (Å²) >= 11 is 0. The molecule has 2 aromatic rings. The van der Waals surface area contributed by atoms with Gasteiger partial charge in [-0.05, 0) is 25.0 Å². The van der Waals surface area contributed by atoms with Crippen LogP contribution in [-0.4, -0.2) is 21.0 Å². The Morgan fingerprint density at radius 3 is 2.83 bits per heavy atom. The average molecular weight is 242 g/mol. The van der Waals surface area contributed by atoms with Gasteiger partial charge < -0.3 is 10.1 Å². The highest BCUT2D eigenvalue weighted by molar-refractivity contribution is 5.76. The molecule has 0 saturated heterocycles. The van der Waals surface area contributed by atoms with Gasteiger partial charge >= 0.3 is 5.97 Å². The van der Waals surface area contributed by atoms with E-state index in [0.717, 1.165) is 23.3 Å². The van der Waals surface area contributed by atoms with Crippen molar-refractivity contribution >= 4 is 17.0 Å². The molecule has 0 saturated carbocycles. The van der Waals surface area contributed by atoms with Crippen molar-refractivity contribution in [1.82, 2.24) is 9.97 Å². The van der Waals surface area contributed by atoms with Gasteiger partial charge in [-0.25, -0.2) is 4.98 Å². The fourth-order valence-electron chi connectivity index (χ4n) is 2.54. The number of hydrogen-bond donors (Lipinski definition) is 2. The molecule has 1 aliphatic rings.